The first-order valence-corrected chi connectivity index (χ1v) is 9.60. The number of nitrogens with one attached hydrogen (secondary N) is 1. The molecule has 3 aromatic rings. The van der Waals surface area contributed by atoms with Crippen LogP contribution in [0, 0.1) is 6.92 Å². The van der Waals surface area contributed by atoms with Gasteiger partial charge in [0.1, 0.15) is 11.5 Å². The number of hydrogen-bond donors (Lipinski definition) is 4. The van der Waals surface area contributed by atoms with Crippen molar-refractivity contribution in [1.82, 2.24) is 0 Å². The normalized spacial score (nSPS) is 12.7. The molecule has 0 saturated carbocycles. The Balaban J connectivity index is 2.26. The molecule has 0 aliphatic heterocycles. The molecule has 5 N–H and O–H groups in total. The number of carbonyl (C=O) groups excluding carboxylic acids is 1. The molecule has 1 amide bonds. The monoisotopic (exact) mass is 485 g/mol. The highest BCUT2D eigenvalue weighted by atomic mass is 19.4. The molecule has 0 saturated heterocycles. The summed E-state index contributed by atoms with van der Waals surface area (Å²) in [6.45, 7) is 1.68. The maximum absolute atomic E-state index is 14.4. The first-order chi connectivity index (χ1) is 16.2. The number of nitrogen functional groups attached to an aromatic ring is 1. The first-order valence-electron chi connectivity index (χ1n) is 10.0. The van der Waals surface area contributed by atoms with Crippen LogP contribution < -0.4 is 11.1 Å². The molecule has 34 heavy (non-hydrogen) atoms. The number of halogens is 6. The molecule has 3 aromatic carbocycles. The van der Waals surface area contributed by atoms with Gasteiger partial charge in [-0.3, -0.25) is 4.79 Å². The molecule has 0 aliphatic carbocycles. The number of alkyl halides is 6. The van der Waals surface area contributed by atoms with Crippen molar-refractivity contribution in [2.75, 3.05) is 11.1 Å². The number of carbonyl (C=O) groups is 1. The van der Waals surface area contributed by atoms with E-state index in [-0.39, 0.29) is 5.56 Å². The number of hydrogen-bond acceptors (Lipinski definition) is 4. The van der Waals surface area contributed by atoms with E-state index in [1.807, 2.05) is 0 Å². The molecule has 0 aliphatic rings. The Morgan fingerprint density at radius 1 is 0.912 bits per heavy atom. The number of benzene rings is 3. The van der Waals surface area contributed by atoms with Crippen LogP contribution in [0.4, 0.5) is 37.7 Å². The number of rotatable bonds is 5. The summed E-state index contributed by atoms with van der Waals surface area (Å²) in [5, 5.41) is 16.1. The average molecular weight is 485 g/mol. The van der Waals surface area contributed by atoms with Crippen LogP contribution >= 0.6 is 0 Å². The van der Waals surface area contributed by atoms with Crippen LogP contribution in [0.1, 0.15) is 27.0 Å². The fourth-order valence-corrected chi connectivity index (χ4v) is 3.61. The Hall–Kier alpha value is -3.89. The summed E-state index contributed by atoms with van der Waals surface area (Å²) in [6.07, 6.45) is -11.9. The minimum absolute atomic E-state index is 0.0792. The van der Waals surface area contributed by atoms with Crippen molar-refractivity contribution in [2.24, 2.45) is 0 Å². The zero-order chi connectivity index (χ0) is 26.2. The quantitative estimate of drug-likeness (QED) is 0.213. The zero-order valence-electron chi connectivity index (χ0n) is 18.4. The SMILES string of the molecule is [2H]Oc1ccc(C(c2ccc(O)c(N)c2)(C(F)(F)F)C(F)(F)F)cc1NC(=O)c1cccc(C)c1. The van der Waals surface area contributed by atoms with E-state index in [1.165, 1.54) is 18.2 Å². The summed E-state index contributed by atoms with van der Waals surface area (Å²) in [5.41, 5.74) is -2.32. The second-order valence-electron chi connectivity index (χ2n) is 7.55. The van der Waals surface area contributed by atoms with Crippen LogP contribution in [-0.4, -0.2) is 29.9 Å². The zero-order valence-corrected chi connectivity index (χ0v) is 17.4. The van der Waals surface area contributed by atoms with Crippen molar-refractivity contribution in [3.63, 3.8) is 0 Å². The van der Waals surface area contributed by atoms with E-state index in [0.717, 1.165) is 0 Å². The van der Waals surface area contributed by atoms with Crippen LogP contribution in [-0.2, 0) is 5.41 Å². The van der Waals surface area contributed by atoms with E-state index < -0.39 is 57.7 Å². The first kappa shape index (κ1) is 23.3. The van der Waals surface area contributed by atoms with Crippen molar-refractivity contribution >= 4 is 17.3 Å². The fraction of sp³-hybridized carbons (Fsp3) is 0.174. The molecule has 0 spiro atoms. The fourth-order valence-electron chi connectivity index (χ4n) is 3.61. The molecular formula is C23H18F6N2O3. The van der Waals surface area contributed by atoms with Gasteiger partial charge in [-0.1, -0.05) is 29.8 Å². The number of amides is 1. The van der Waals surface area contributed by atoms with Crippen molar-refractivity contribution in [3.05, 3.63) is 82.9 Å². The number of anilines is 2. The van der Waals surface area contributed by atoms with Crippen LogP contribution in [0.3, 0.4) is 0 Å². The topological polar surface area (TPSA) is 95.6 Å². The lowest BCUT2D eigenvalue weighted by atomic mass is 9.72. The lowest BCUT2D eigenvalue weighted by molar-refractivity contribution is -0.288. The third-order valence-corrected chi connectivity index (χ3v) is 5.25. The minimum atomic E-state index is -5.93. The van der Waals surface area contributed by atoms with Gasteiger partial charge in [-0.25, -0.2) is 0 Å². The number of aromatic hydroxyl groups is 2. The van der Waals surface area contributed by atoms with Crippen LogP contribution in [0.5, 0.6) is 11.5 Å². The standard InChI is InChI=1S/C23H18F6N2O3/c1-12-3-2-4-13(9-12)20(34)31-17-11-15(6-8-19(17)33)21(22(24,25)26,23(27,28)29)14-5-7-18(32)16(30)10-14/h2-11,32-33H,30H2,1H3,(H,31,34)/i/hD. The molecule has 0 fully saturated rings. The van der Waals surface area contributed by atoms with Crippen molar-refractivity contribution in [3.8, 4) is 11.5 Å². The highest BCUT2D eigenvalue weighted by molar-refractivity contribution is 6.05. The van der Waals surface area contributed by atoms with Gasteiger partial charge < -0.3 is 21.3 Å². The van der Waals surface area contributed by atoms with E-state index >= 15 is 0 Å². The van der Waals surface area contributed by atoms with Gasteiger partial charge in [0.25, 0.3) is 7.34 Å². The lowest BCUT2D eigenvalue weighted by Crippen LogP contribution is -2.54. The van der Waals surface area contributed by atoms with Gasteiger partial charge in [0.2, 0.25) is 5.41 Å². The molecule has 11 heteroatoms. The highest BCUT2D eigenvalue weighted by Gasteiger charge is 2.72. The molecule has 180 valence electrons. The number of phenolic OH excluding ortho intramolecular Hbond substituents is 2. The second kappa shape index (κ2) is 8.47. The maximum Gasteiger partial charge on any atom is 0.411 e. The van der Waals surface area contributed by atoms with Crippen molar-refractivity contribution in [1.29, 1.82) is 1.43 Å². The third-order valence-electron chi connectivity index (χ3n) is 5.25. The highest BCUT2D eigenvalue weighted by Crippen LogP contribution is 2.57. The number of phenols is 2. The van der Waals surface area contributed by atoms with Crippen LogP contribution in [0.15, 0.2) is 60.7 Å². The van der Waals surface area contributed by atoms with Gasteiger partial charge in [-0.2, -0.15) is 26.3 Å². The molecule has 0 atom stereocenters. The van der Waals surface area contributed by atoms with Crippen LogP contribution in [0.2, 0.25) is 0 Å². The Morgan fingerprint density at radius 2 is 1.50 bits per heavy atom. The second-order valence-corrected chi connectivity index (χ2v) is 7.55. The molecule has 0 radical (unpaired) electrons. The van der Waals surface area contributed by atoms with Crippen molar-refractivity contribution < 1.29 is 41.4 Å². The summed E-state index contributed by atoms with van der Waals surface area (Å²) in [6, 6.07) is 9.19. The van der Waals surface area contributed by atoms with Gasteiger partial charge in [0, 0.05) is 5.56 Å². The summed E-state index contributed by atoms with van der Waals surface area (Å²) in [5.74, 6) is -2.03. The van der Waals surface area contributed by atoms with Gasteiger partial charge in [0.15, 0.2) is 0 Å². The summed E-state index contributed by atoms with van der Waals surface area (Å²) >= 11 is 0. The molecule has 0 bridgehead atoms. The third kappa shape index (κ3) is 4.20. The Morgan fingerprint density at radius 3 is 2.03 bits per heavy atom. The van der Waals surface area contributed by atoms with Gasteiger partial charge >= 0.3 is 12.4 Å². The smallest absolute Gasteiger partial charge is 0.411 e. The van der Waals surface area contributed by atoms with Gasteiger partial charge in [-0.15, -0.1) is 0 Å². The molecular weight excluding hydrogens is 466 g/mol. The summed E-state index contributed by atoms with van der Waals surface area (Å²) < 4.78 is 93.4. The maximum atomic E-state index is 14.4. The largest absolute Gasteiger partial charge is 0.506 e. The predicted molar refractivity (Wildman–Crippen MR) is 113 cm³/mol. The van der Waals surface area contributed by atoms with Gasteiger partial charge in [-0.05, 0) is 54.4 Å². The lowest BCUT2D eigenvalue weighted by Gasteiger charge is -2.38. The molecule has 0 unspecified atom stereocenters. The van der Waals surface area contributed by atoms with E-state index in [0.29, 0.717) is 42.0 Å². The van der Waals surface area contributed by atoms with E-state index in [9.17, 15) is 36.2 Å². The van der Waals surface area contributed by atoms with Crippen molar-refractivity contribution in [2.45, 2.75) is 24.7 Å². The molecule has 5 nitrogen and oxygen atoms in total. The van der Waals surface area contributed by atoms with E-state index in [4.69, 9.17) is 7.16 Å². The van der Waals surface area contributed by atoms with Crippen LogP contribution in [0.25, 0.3) is 0 Å². The Bertz CT molecular complexity index is 1250. The van der Waals surface area contributed by atoms with E-state index in [1.54, 1.807) is 13.0 Å². The summed E-state index contributed by atoms with van der Waals surface area (Å²) in [4.78, 5) is 12.6. The molecule has 0 heterocycles. The summed E-state index contributed by atoms with van der Waals surface area (Å²) in [7, 11) is 0. The average Bonchev–Trinajstić information content (AvgIpc) is 2.75. The Kier molecular flexibility index (Phi) is 5.80. The molecule has 0 aromatic heterocycles. The number of nitrogens with two attached hydrogens (primary N) is 1. The minimum Gasteiger partial charge on any atom is -0.506 e. The number of aryl methyl sites for hydroxylation is 1. The van der Waals surface area contributed by atoms with E-state index in [2.05, 4.69) is 10.4 Å². The Labute approximate surface area is 190 Å². The molecule has 3 rings (SSSR count). The predicted octanol–water partition coefficient (Wildman–Crippen LogP) is 5.65. The van der Waals surface area contributed by atoms with Gasteiger partial charge in [0.05, 0.1) is 11.4 Å².